The maximum absolute atomic E-state index is 13.4. The summed E-state index contributed by atoms with van der Waals surface area (Å²) in [4.78, 5) is 23.3. The van der Waals surface area contributed by atoms with Gasteiger partial charge in [-0.15, -0.1) is 0 Å². The number of carboxylic acid groups (broad SMARTS) is 1. The van der Waals surface area contributed by atoms with Crippen molar-refractivity contribution in [2.75, 3.05) is 18.6 Å². The second kappa shape index (κ2) is 15.6. The van der Waals surface area contributed by atoms with Crippen molar-refractivity contribution >= 4 is 23.7 Å². The van der Waals surface area contributed by atoms with Crippen LogP contribution in [0.25, 0.3) is 0 Å². The van der Waals surface area contributed by atoms with Crippen LogP contribution in [0.3, 0.4) is 0 Å². The van der Waals surface area contributed by atoms with Gasteiger partial charge < -0.3 is 9.84 Å². The molecule has 198 valence electrons. The first-order valence-electron chi connectivity index (χ1n) is 12.3. The fraction of sp³-hybridized carbons (Fsp3) is 0.500. The molecule has 2 aromatic rings. The van der Waals surface area contributed by atoms with E-state index >= 15 is 0 Å². The second-order valence-corrected chi connectivity index (χ2v) is 9.96. The molecule has 0 radical (unpaired) electrons. The van der Waals surface area contributed by atoms with Gasteiger partial charge in [0.25, 0.3) is 0 Å². The number of benzene rings is 2. The van der Waals surface area contributed by atoms with Gasteiger partial charge in [-0.25, -0.2) is 0 Å². The third-order valence-corrected chi connectivity index (χ3v) is 7.15. The fourth-order valence-corrected chi connectivity index (χ4v) is 5.14. The number of aliphatic carboxylic acids is 1. The molecule has 0 spiro atoms. The zero-order chi connectivity index (χ0) is 26.4. The van der Waals surface area contributed by atoms with E-state index in [0.717, 1.165) is 57.1 Å². The number of alkyl halides is 3. The Morgan fingerprint density at radius 3 is 2.19 bits per heavy atom. The van der Waals surface area contributed by atoms with Crippen LogP contribution in [-0.4, -0.2) is 35.7 Å². The van der Waals surface area contributed by atoms with Crippen molar-refractivity contribution in [3.63, 3.8) is 0 Å². The molecule has 0 aliphatic rings. The smallest absolute Gasteiger partial charge is 0.416 e. The van der Waals surface area contributed by atoms with Gasteiger partial charge in [0.15, 0.2) is 0 Å². The van der Waals surface area contributed by atoms with Gasteiger partial charge in [-0.05, 0) is 54.5 Å². The maximum atomic E-state index is 13.4. The number of unbranched alkanes of at least 4 members (excludes halogenated alkanes) is 5. The number of carbonyl (C=O) groups excluding carboxylic acids is 1. The first kappa shape index (κ1) is 29.7. The molecule has 4 nitrogen and oxygen atoms in total. The van der Waals surface area contributed by atoms with E-state index < -0.39 is 29.6 Å². The molecule has 1 N–H and O–H groups in total. The number of aryl methyl sites for hydroxylation is 2. The first-order chi connectivity index (χ1) is 17.2. The molecule has 2 rings (SSSR count). The fourth-order valence-electron chi connectivity index (χ4n) is 4.11. The van der Waals surface area contributed by atoms with E-state index in [0.29, 0.717) is 17.5 Å². The topological polar surface area (TPSA) is 63.6 Å². The number of carboxylic acids is 1. The van der Waals surface area contributed by atoms with Gasteiger partial charge in [-0.2, -0.15) is 24.9 Å². The van der Waals surface area contributed by atoms with Crippen LogP contribution in [-0.2, 0) is 33.3 Å². The molecule has 0 heterocycles. The minimum absolute atomic E-state index is 0.0840. The molecule has 0 aliphatic carbocycles. The Labute approximate surface area is 215 Å². The number of hydrogen-bond donors (Lipinski definition) is 1. The predicted octanol–water partition coefficient (Wildman–Crippen LogP) is 7.30. The standard InChI is InChI=1S/C28H35F3O4S/c1-35-27(34)25(20-36-18-17-26(32)33)24-19-23(28(29,30)31)16-15-22(24)14-10-5-3-2-4-7-11-21-12-8-6-9-13-21/h6,8-9,12-13,15-16,19,25H,2-5,7,10-11,14,17-18,20H2,1H3,(H,32,33). The zero-order valence-electron chi connectivity index (χ0n) is 20.7. The lowest BCUT2D eigenvalue weighted by Gasteiger charge is -2.20. The third-order valence-electron chi connectivity index (χ3n) is 6.08. The van der Waals surface area contributed by atoms with Crippen molar-refractivity contribution in [2.45, 2.75) is 69.9 Å². The second-order valence-electron chi connectivity index (χ2n) is 8.81. The summed E-state index contributed by atoms with van der Waals surface area (Å²) < 4.78 is 45.1. The summed E-state index contributed by atoms with van der Waals surface area (Å²) in [5.74, 6) is -2.03. The summed E-state index contributed by atoms with van der Waals surface area (Å²) in [6, 6.07) is 14.0. The minimum Gasteiger partial charge on any atom is -0.481 e. The Hall–Kier alpha value is -2.48. The van der Waals surface area contributed by atoms with E-state index in [-0.39, 0.29) is 17.9 Å². The van der Waals surface area contributed by atoms with Gasteiger partial charge in [0.2, 0.25) is 0 Å². The van der Waals surface area contributed by atoms with Crippen LogP contribution in [0.15, 0.2) is 48.5 Å². The number of thioether (sulfide) groups is 1. The number of rotatable bonds is 16. The Morgan fingerprint density at radius 2 is 1.58 bits per heavy atom. The van der Waals surface area contributed by atoms with Crippen molar-refractivity contribution in [1.29, 1.82) is 0 Å². The van der Waals surface area contributed by atoms with Gasteiger partial charge in [-0.3, -0.25) is 9.59 Å². The van der Waals surface area contributed by atoms with Crippen molar-refractivity contribution in [3.05, 3.63) is 70.8 Å². The number of hydrogen-bond acceptors (Lipinski definition) is 4. The van der Waals surface area contributed by atoms with Crippen LogP contribution in [0.2, 0.25) is 0 Å². The Morgan fingerprint density at radius 1 is 0.944 bits per heavy atom. The molecule has 0 amide bonds. The molecule has 0 fully saturated rings. The van der Waals surface area contributed by atoms with Crippen molar-refractivity contribution in [1.82, 2.24) is 0 Å². The normalized spacial score (nSPS) is 12.3. The summed E-state index contributed by atoms with van der Waals surface area (Å²) in [5.41, 5.74) is 1.57. The molecule has 2 aromatic carbocycles. The highest BCUT2D eigenvalue weighted by atomic mass is 32.2. The van der Waals surface area contributed by atoms with E-state index in [9.17, 15) is 22.8 Å². The van der Waals surface area contributed by atoms with Gasteiger partial charge >= 0.3 is 18.1 Å². The van der Waals surface area contributed by atoms with Crippen molar-refractivity contribution in [2.24, 2.45) is 0 Å². The quantitative estimate of drug-likeness (QED) is 0.184. The van der Waals surface area contributed by atoms with Gasteiger partial charge in [0, 0.05) is 11.5 Å². The molecule has 1 unspecified atom stereocenters. The predicted molar refractivity (Wildman–Crippen MR) is 137 cm³/mol. The summed E-state index contributed by atoms with van der Waals surface area (Å²) in [5, 5.41) is 8.83. The number of halogens is 3. The molecule has 8 heteroatoms. The molecule has 0 aromatic heterocycles. The Kier molecular flexibility index (Phi) is 12.9. The minimum atomic E-state index is -4.52. The summed E-state index contributed by atoms with van der Waals surface area (Å²) >= 11 is 1.23. The number of esters is 1. The van der Waals surface area contributed by atoms with Crippen LogP contribution in [0.5, 0.6) is 0 Å². The van der Waals surface area contributed by atoms with E-state index in [2.05, 4.69) is 12.1 Å². The van der Waals surface area contributed by atoms with Crippen LogP contribution < -0.4 is 0 Å². The van der Waals surface area contributed by atoms with Gasteiger partial charge in [-0.1, -0.05) is 62.1 Å². The van der Waals surface area contributed by atoms with Crippen LogP contribution >= 0.6 is 11.8 Å². The maximum Gasteiger partial charge on any atom is 0.416 e. The van der Waals surface area contributed by atoms with E-state index in [1.807, 2.05) is 18.2 Å². The van der Waals surface area contributed by atoms with E-state index in [4.69, 9.17) is 9.84 Å². The highest BCUT2D eigenvalue weighted by Crippen LogP contribution is 2.35. The van der Waals surface area contributed by atoms with Gasteiger partial charge in [0.1, 0.15) is 0 Å². The lowest BCUT2D eigenvalue weighted by atomic mass is 9.90. The molecule has 36 heavy (non-hydrogen) atoms. The Balaban J connectivity index is 1.96. The largest absolute Gasteiger partial charge is 0.481 e. The van der Waals surface area contributed by atoms with Crippen LogP contribution in [0.4, 0.5) is 13.2 Å². The van der Waals surface area contributed by atoms with Crippen LogP contribution in [0, 0.1) is 0 Å². The highest BCUT2D eigenvalue weighted by molar-refractivity contribution is 7.99. The summed E-state index contributed by atoms with van der Waals surface area (Å²) in [6.45, 7) is 0. The highest BCUT2D eigenvalue weighted by Gasteiger charge is 2.33. The number of ether oxygens (including phenoxy) is 1. The molecular formula is C28H35F3O4S. The summed E-state index contributed by atoms with van der Waals surface area (Å²) in [6.07, 6.45) is 3.24. The Bertz CT molecular complexity index is 948. The monoisotopic (exact) mass is 524 g/mol. The lowest BCUT2D eigenvalue weighted by Crippen LogP contribution is -2.20. The summed E-state index contributed by atoms with van der Waals surface area (Å²) in [7, 11) is 1.21. The molecule has 0 saturated heterocycles. The average molecular weight is 525 g/mol. The van der Waals surface area contributed by atoms with Gasteiger partial charge in [0.05, 0.1) is 25.0 Å². The third kappa shape index (κ3) is 10.6. The molecule has 0 bridgehead atoms. The lowest BCUT2D eigenvalue weighted by molar-refractivity contribution is -0.142. The van der Waals surface area contributed by atoms with Crippen molar-refractivity contribution < 1.29 is 32.6 Å². The zero-order valence-corrected chi connectivity index (χ0v) is 21.5. The van der Waals surface area contributed by atoms with Crippen molar-refractivity contribution in [3.8, 4) is 0 Å². The first-order valence-corrected chi connectivity index (χ1v) is 13.5. The van der Waals surface area contributed by atoms with E-state index in [1.54, 1.807) is 0 Å². The number of methoxy groups -OCH3 is 1. The molecule has 0 aliphatic heterocycles. The SMILES string of the molecule is COC(=O)C(CSCCC(=O)O)c1cc(C(F)(F)F)ccc1CCCCCCCCc1ccccc1. The molecular weight excluding hydrogens is 489 g/mol. The average Bonchev–Trinajstić information content (AvgIpc) is 2.85. The van der Waals surface area contributed by atoms with Crippen LogP contribution in [0.1, 0.15) is 73.1 Å². The number of carbonyl (C=O) groups is 2. The molecule has 1 atom stereocenters. The van der Waals surface area contributed by atoms with E-state index in [1.165, 1.54) is 30.5 Å². The molecule has 0 saturated carbocycles.